The van der Waals surface area contributed by atoms with Crippen LogP contribution in [0, 0.1) is 13.8 Å². The average molecular weight is 398 g/mol. The Morgan fingerprint density at radius 2 is 2.00 bits per heavy atom. The van der Waals surface area contributed by atoms with Gasteiger partial charge in [0.25, 0.3) is 11.5 Å². The van der Waals surface area contributed by atoms with Gasteiger partial charge in [0.2, 0.25) is 0 Å². The molecule has 0 saturated carbocycles. The van der Waals surface area contributed by atoms with Crippen molar-refractivity contribution in [3.05, 3.63) is 62.5 Å². The lowest BCUT2D eigenvalue weighted by atomic mass is 10.1. The van der Waals surface area contributed by atoms with Gasteiger partial charge in [0.05, 0.1) is 30.6 Å². The molecule has 0 aliphatic carbocycles. The molecule has 0 aliphatic heterocycles. The second kappa shape index (κ2) is 8.13. The molecular formula is C19H18N4O4S. The van der Waals surface area contributed by atoms with Crippen molar-refractivity contribution in [1.29, 1.82) is 0 Å². The van der Waals surface area contributed by atoms with E-state index in [1.165, 1.54) is 35.6 Å². The van der Waals surface area contributed by atoms with E-state index >= 15 is 0 Å². The Morgan fingerprint density at radius 1 is 1.29 bits per heavy atom. The summed E-state index contributed by atoms with van der Waals surface area (Å²) in [5, 5.41) is 4.42. The van der Waals surface area contributed by atoms with E-state index in [0.29, 0.717) is 21.3 Å². The molecule has 0 radical (unpaired) electrons. The molecule has 1 aromatic carbocycles. The summed E-state index contributed by atoms with van der Waals surface area (Å²) in [4.78, 5) is 42.0. The van der Waals surface area contributed by atoms with E-state index in [0.717, 1.165) is 10.4 Å². The van der Waals surface area contributed by atoms with Crippen LogP contribution < -0.4 is 11.0 Å². The Hall–Kier alpha value is -3.33. The number of benzene rings is 1. The summed E-state index contributed by atoms with van der Waals surface area (Å²) in [5.41, 5.74) is 4.13. The van der Waals surface area contributed by atoms with Crippen molar-refractivity contribution in [3.63, 3.8) is 0 Å². The van der Waals surface area contributed by atoms with E-state index in [1.54, 1.807) is 24.3 Å². The number of hydrogen-bond donors (Lipinski definition) is 1. The zero-order chi connectivity index (χ0) is 20.3. The van der Waals surface area contributed by atoms with Crippen LogP contribution in [0.2, 0.25) is 0 Å². The minimum absolute atomic E-state index is 0.186. The van der Waals surface area contributed by atoms with Crippen LogP contribution in [0.3, 0.4) is 0 Å². The number of aryl methyl sites for hydroxylation is 2. The number of esters is 1. The fraction of sp³-hybridized carbons (Fsp3) is 0.211. The van der Waals surface area contributed by atoms with Crippen molar-refractivity contribution < 1.29 is 14.3 Å². The third-order valence-corrected chi connectivity index (χ3v) is 5.32. The summed E-state index contributed by atoms with van der Waals surface area (Å²) in [7, 11) is 1.31. The van der Waals surface area contributed by atoms with Gasteiger partial charge in [-0.3, -0.25) is 14.2 Å². The SMILES string of the molecule is COC(=O)c1ccc(/C=N\NC(=O)Cn2cnc3sc(C)c(C)c3c2=O)cc1. The second-order valence-corrected chi connectivity index (χ2v) is 7.25. The van der Waals surface area contributed by atoms with Crippen LogP contribution in [0.15, 0.2) is 40.5 Å². The number of aromatic nitrogens is 2. The van der Waals surface area contributed by atoms with Crippen molar-refractivity contribution in [2.75, 3.05) is 7.11 Å². The summed E-state index contributed by atoms with van der Waals surface area (Å²) in [5.74, 6) is -0.876. The van der Waals surface area contributed by atoms with Crippen LogP contribution >= 0.6 is 11.3 Å². The normalized spacial score (nSPS) is 11.1. The lowest BCUT2D eigenvalue weighted by Crippen LogP contribution is -2.30. The Morgan fingerprint density at radius 3 is 2.68 bits per heavy atom. The molecule has 0 aliphatic rings. The topological polar surface area (TPSA) is 103 Å². The van der Waals surface area contributed by atoms with Crippen molar-refractivity contribution >= 4 is 39.6 Å². The molecule has 3 rings (SSSR count). The maximum atomic E-state index is 12.6. The highest BCUT2D eigenvalue weighted by molar-refractivity contribution is 7.18. The molecule has 0 fully saturated rings. The van der Waals surface area contributed by atoms with Gasteiger partial charge >= 0.3 is 5.97 Å². The molecule has 0 unspecified atom stereocenters. The number of nitrogens with one attached hydrogen (secondary N) is 1. The summed E-state index contributed by atoms with van der Waals surface area (Å²) >= 11 is 1.46. The van der Waals surface area contributed by atoms with Gasteiger partial charge in [-0.05, 0) is 37.1 Å². The van der Waals surface area contributed by atoms with Gasteiger partial charge in [0.1, 0.15) is 11.4 Å². The first-order valence-electron chi connectivity index (χ1n) is 8.36. The number of fused-ring (bicyclic) bond motifs is 1. The maximum absolute atomic E-state index is 12.6. The van der Waals surface area contributed by atoms with E-state index in [-0.39, 0.29) is 12.1 Å². The van der Waals surface area contributed by atoms with Gasteiger partial charge in [-0.15, -0.1) is 11.3 Å². The highest BCUT2D eigenvalue weighted by atomic mass is 32.1. The van der Waals surface area contributed by atoms with Gasteiger partial charge in [-0.25, -0.2) is 15.2 Å². The fourth-order valence-electron chi connectivity index (χ4n) is 2.57. The number of carbonyl (C=O) groups excluding carboxylic acids is 2. The molecule has 3 aromatic rings. The highest BCUT2D eigenvalue weighted by Gasteiger charge is 2.13. The number of thiophene rings is 1. The molecule has 1 N–H and O–H groups in total. The summed E-state index contributed by atoms with van der Waals surface area (Å²) in [6.07, 6.45) is 2.81. The van der Waals surface area contributed by atoms with Crippen LogP contribution in [-0.4, -0.2) is 34.8 Å². The van der Waals surface area contributed by atoms with Gasteiger partial charge < -0.3 is 4.74 Å². The molecule has 0 bridgehead atoms. The average Bonchev–Trinajstić information content (AvgIpc) is 2.98. The van der Waals surface area contributed by atoms with E-state index in [1.807, 2.05) is 13.8 Å². The Kier molecular flexibility index (Phi) is 5.65. The number of hydrazone groups is 1. The quantitative estimate of drug-likeness (QED) is 0.402. The van der Waals surface area contributed by atoms with Crippen LogP contribution in [0.1, 0.15) is 26.4 Å². The van der Waals surface area contributed by atoms with Crippen LogP contribution in [0.4, 0.5) is 0 Å². The molecule has 2 heterocycles. The van der Waals surface area contributed by atoms with Crippen molar-refractivity contribution in [1.82, 2.24) is 15.0 Å². The Labute approximate surface area is 164 Å². The lowest BCUT2D eigenvalue weighted by Gasteiger charge is -2.04. The number of ether oxygens (including phenoxy) is 1. The summed E-state index contributed by atoms with van der Waals surface area (Å²) in [6, 6.07) is 6.54. The third-order valence-electron chi connectivity index (χ3n) is 4.20. The smallest absolute Gasteiger partial charge is 0.337 e. The first kappa shape index (κ1) is 19.4. The molecule has 28 heavy (non-hydrogen) atoms. The zero-order valence-electron chi connectivity index (χ0n) is 15.6. The lowest BCUT2D eigenvalue weighted by molar-refractivity contribution is -0.121. The van der Waals surface area contributed by atoms with Gasteiger partial charge in [0, 0.05) is 4.88 Å². The van der Waals surface area contributed by atoms with Crippen LogP contribution in [-0.2, 0) is 16.1 Å². The number of rotatable bonds is 5. The fourth-order valence-corrected chi connectivity index (χ4v) is 3.56. The molecule has 144 valence electrons. The predicted molar refractivity (Wildman–Crippen MR) is 107 cm³/mol. The minimum atomic E-state index is -0.449. The van der Waals surface area contributed by atoms with E-state index in [4.69, 9.17) is 0 Å². The minimum Gasteiger partial charge on any atom is -0.465 e. The maximum Gasteiger partial charge on any atom is 0.337 e. The van der Waals surface area contributed by atoms with E-state index in [9.17, 15) is 14.4 Å². The zero-order valence-corrected chi connectivity index (χ0v) is 16.4. The molecule has 0 spiro atoms. The number of hydrogen-bond acceptors (Lipinski definition) is 7. The van der Waals surface area contributed by atoms with Gasteiger partial charge in [0.15, 0.2) is 0 Å². The Balaban J connectivity index is 1.66. The van der Waals surface area contributed by atoms with Crippen LogP contribution in [0.25, 0.3) is 10.2 Å². The largest absolute Gasteiger partial charge is 0.465 e. The highest BCUT2D eigenvalue weighted by Crippen LogP contribution is 2.25. The molecule has 0 saturated heterocycles. The third kappa shape index (κ3) is 3.99. The number of carbonyl (C=O) groups is 2. The number of amides is 1. The molecule has 0 atom stereocenters. The summed E-state index contributed by atoms with van der Waals surface area (Å²) < 4.78 is 5.89. The van der Waals surface area contributed by atoms with Crippen molar-refractivity contribution in [3.8, 4) is 0 Å². The van der Waals surface area contributed by atoms with Gasteiger partial charge in [-0.1, -0.05) is 12.1 Å². The van der Waals surface area contributed by atoms with Crippen molar-refractivity contribution in [2.45, 2.75) is 20.4 Å². The number of nitrogens with zero attached hydrogens (tertiary/aromatic N) is 3. The standard InChI is InChI=1S/C19H18N4O4S/c1-11-12(2)28-17-16(11)18(25)23(10-20-17)9-15(24)22-21-8-13-4-6-14(7-5-13)19(26)27-3/h4-8,10H,9H2,1-3H3,(H,22,24)/b21-8-. The molecule has 8 nitrogen and oxygen atoms in total. The second-order valence-electron chi connectivity index (χ2n) is 6.05. The Bertz CT molecular complexity index is 1130. The summed E-state index contributed by atoms with van der Waals surface area (Å²) in [6.45, 7) is 3.62. The monoisotopic (exact) mass is 398 g/mol. The van der Waals surface area contributed by atoms with E-state index in [2.05, 4.69) is 20.2 Å². The first-order valence-corrected chi connectivity index (χ1v) is 9.17. The number of methoxy groups -OCH3 is 1. The predicted octanol–water partition coefficient (Wildman–Crippen LogP) is 2.01. The molecular weight excluding hydrogens is 380 g/mol. The van der Waals surface area contributed by atoms with Crippen LogP contribution in [0.5, 0.6) is 0 Å². The molecule has 9 heteroatoms. The molecule has 2 aromatic heterocycles. The van der Waals surface area contributed by atoms with E-state index < -0.39 is 11.9 Å². The van der Waals surface area contributed by atoms with Gasteiger partial charge in [-0.2, -0.15) is 5.10 Å². The first-order chi connectivity index (χ1) is 13.4. The molecule has 1 amide bonds. The van der Waals surface area contributed by atoms with Crippen molar-refractivity contribution in [2.24, 2.45) is 5.10 Å².